The van der Waals surface area contributed by atoms with Gasteiger partial charge in [0.15, 0.2) is 10.8 Å². The first-order valence-corrected chi connectivity index (χ1v) is 8.96. The lowest BCUT2D eigenvalue weighted by Crippen LogP contribution is -2.13. The van der Waals surface area contributed by atoms with Gasteiger partial charge in [-0.3, -0.25) is 14.8 Å². The number of anilines is 1. The van der Waals surface area contributed by atoms with Crippen LogP contribution in [0.3, 0.4) is 0 Å². The Bertz CT molecular complexity index is 837. The molecular formula is C15H16N4OS2. The predicted molar refractivity (Wildman–Crippen MR) is 92.0 cm³/mol. The third-order valence-electron chi connectivity index (χ3n) is 3.34. The van der Waals surface area contributed by atoms with E-state index < -0.39 is 0 Å². The van der Waals surface area contributed by atoms with Crippen LogP contribution in [0.25, 0.3) is 10.2 Å². The molecule has 1 aromatic carbocycles. The number of amides is 1. The first kappa shape index (κ1) is 15.1. The molecule has 3 aromatic rings. The van der Waals surface area contributed by atoms with Crippen molar-refractivity contribution in [2.45, 2.75) is 25.3 Å². The molecule has 0 bridgehead atoms. The number of hydrogen-bond acceptors (Lipinski definition) is 5. The molecule has 0 aliphatic heterocycles. The summed E-state index contributed by atoms with van der Waals surface area (Å²) in [7, 11) is 0. The summed E-state index contributed by atoms with van der Waals surface area (Å²) in [5.74, 6) is -0.222. The number of para-hydroxylation sites is 1. The molecule has 0 atom stereocenters. The molecule has 2 heterocycles. The highest BCUT2D eigenvalue weighted by Crippen LogP contribution is 2.32. The summed E-state index contributed by atoms with van der Waals surface area (Å²) in [5.41, 5.74) is 2.33. The number of thioether (sulfide) groups is 1. The molecule has 0 aliphatic rings. The van der Waals surface area contributed by atoms with Gasteiger partial charge in [-0.1, -0.05) is 17.4 Å². The minimum Gasteiger partial charge on any atom is -0.296 e. The van der Waals surface area contributed by atoms with E-state index in [1.807, 2.05) is 38.3 Å². The van der Waals surface area contributed by atoms with Gasteiger partial charge in [0.2, 0.25) is 0 Å². The smallest absolute Gasteiger partial charge is 0.277 e. The van der Waals surface area contributed by atoms with Gasteiger partial charge >= 0.3 is 0 Å². The lowest BCUT2D eigenvalue weighted by atomic mass is 10.3. The van der Waals surface area contributed by atoms with Crippen molar-refractivity contribution in [2.75, 3.05) is 11.6 Å². The lowest BCUT2D eigenvalue weighted by Gasteiger charge is -1.98. The molecular weight excluding hydrogens is 316 g/mol. The van der Waals surface area contributed by atoms with Gasteiger partial charge in [-0.25, -0.2) is 4.98 Å². The first-order chi connectivity index (χ1) is 10.6. The maximum atomic E-state index is 12.3. The van der Waals surface area contributed by atoms with Crippen LogP contribution >= 0.6 is 23.1 Å². The molecule has 0 unspecified atom stereocenters. The van der Waals surface area contributed by atoms with Crippen LogP contribution in [0.2, 0.25) is 0 Å². The van der Waals surface area contributed by atoms with Crippen LogP contribution in [-0.4, -0.2) is 26.9 Å². The number of nitrogens with zero attached hydrogens (tertiary/aromatic N) is 3. The second-order valence-electron chi connectivity index (χ2n) is 4.77. The highest BCUT2D eigenvalue weighted by Gasteiger charge is 2.15. The number of hydrogen-bond donors (Lipinski definition) is 1. The van der Waals surface area contributed by atoms with Gasteiger partial charge in [-0.2, -0.15) is 5.10 Å². The molecule has 0 radical (unpaired) electrons. The third-order valence-corrected chi connectivity index (χ3v) is 5.04. The molecule has 22 heavy (non-hydrogen) atoms. The summed E-state index contributed by atoms with van der Waals surface area (Å²) in [4.78, 5) is 17.9. The van der Waals surface area contributed by atoms with Crippen molar-refractivity contribution in [2.24, 2.45) is 0 Å². The molecule has 0 aliphatic carbocycles. The van der Waals surface area contributed by atoms with Crippen molar-refractivity contribution in [1.82, 2.24) is 14.8 Å². The number of benzene rings is 1. The number of thiazole rings is 1. The van der Waals surface area contributed by atoms with E-state index in [9.17, 15) is 4.79 Å². The van der Waals surface area contributed by atoms with E-state index in [2.05, 4.69) is 15.4 Å². The number of carbonyl (C=O) groups is 1. The Balaban J connectivity index is 1.87. The minimum absolute atomic E-state index is 0.222. The summed E-state index contributed by atoms with van der Waals surface area (Å²) in [6.07, 6.45) is 2.02. The lowest BCUT2D eigenvalue weighted by molar-refractivity contribution is 0.102. The van der Waals surface area contributed by atoms with Crippen molar-refractivity contribution >= 4 is 44.4 Å². The fourth-order valence-corrected chi connectivity index (χ4v) is 3.76. The summed E-state index contributed by atoms with van der Waals surface area (Å²) in [6.45, 7) is 4.69. The Morgan fingerprint density at radius 2 is 2.27 bits per heavy atom. The van der Waals surface area contributed by atoms with Crippen LogP contribution in [0.4, 0.5) is 5.13 Å². The first-order valence-electron chi connectivity index (χ1n) is 6.91. The second-order valence-corrected chi connectivity index (χ2v) is 6.65. The van der Waals surface area contributed by atoms with Gasteiger partial charge in [0, 0.05) is 17.1 Å². The topological polar surface area (TPSA) is 59.8 Å². The van der Waals surface area contributed by atoms with Gasteiger partial charge in [0.25, 0.3) is 5.91 Å². The molecule has 1 amide bonds. The van der Waals surface area contributed by atoms with E-state index in [0.717, 1.165) is 27.4 Å². The highest BCUT2D eigenvalue weighted by atomic mass is 32.2. The third kappa shape index (κ3) is 2.74. The average molecular weight is 332 g/mol. The molecule has 7 heteroatoms. The Hall–Kier alpha value is -1.86. The van der Waals surface area contributed by atoms with Gasteiger partial charge in [-0.05, 0) is 38.3 Å². The van der Waals surface area contributed by atoms with Gasteiger partial charge in [0.05, 0.1) is 10.2 Å². The van der Waals surface area contributed by atoms with E-state index in [0.29, 0.717) is 10.8 Å². The summed E-state index contributed by atoms with van der Waals surface area (Å²) >= 11 is 3.13. The van der Waals surface area contributed by atoms with Gasteiger partial charge < -0.3 is 0 Å². The number of fused-ring (bicyclic) bond motifs is 1. The number of rotatable bonds is 4. The van der Waals surface area contributed by atoms with Crippen molar-refractivity contribution in [3.8, 4) is 0 Å². The van der Waals surface area contributed by atoms with Gasteiger partial charge in [-0.15, -0.1) is 11.8 Å². The normalized spacial score (nSPS) is 11.0. The van der Waals surface area contributed by atoms with Crippen molar-refractivity contribution in [3.63, 3.8) is 0 Å². The second kappa shape index (κ2) is 6.10. The largest absolute Gasteiger partial charge is 0.296 e. The molecule has 114 valence electrons. The molecule has 2 aromatic heterocycles. The highest BCUT2D eigenvalue weighted by molar-refractivity contribution is 7.98. The molecule has 1 N–H and O–H groups in total. The Kier molecular flexibility index (Phi) is 4.17. The maximum Gasteiger partial charge on any atom is 0.277 e. The standard InChI is InChI=1S/C15H16N4OS2/c1-4-19-9(2)8-10(18-19)14(20)17-15-16-13-11(21-3)6-5-7-12(13)22-15/h5-8H,4H2,1-3H3,(H,16,17,20). The Morgan fingerprint density at radius 3 is 2.95 bits per heavy atom. The molecule has 0 saturated carbocycles. The van der Waals surface area contributed by atoms with Crippen LogP contribution < -0.4 is 5.32 Å². The zero-order valence-electron chi connectivity index (χ0n) is 12.6. The van der Waals surface area contributed by atoms with E-state index >= 15 is 0 Å². The van der Waals surface area contributed by atoms with Crippen molar-refractivity contribution < 1.29 is 4.79 Å². The fourth-order valence-electron chi connectivity index (χ4n) is 2.24. The minimum atomic E-state index is -0.222. The van der Waals surface area contributed by atoms with E-state index in [1.54, 1.807) is 22.5 Å². The fraction of sp³-hybridized carbons (Fsp3) is 0.267. The number of aryl methyl sites for hydroxylation is 2. The van der Waals surface area contributed by atoms with E-state index in [4.69, 9.17) is 0 Å². The van der Waals surface area contributed by atoms with Crippen molar-refractivity contribution in [1.29, 1.82) is 0 Å². The molecule has 5 nitrogen and oxygen atoms in total. The van der Waals surface area contributed by atoms with Crippen LogP contribution in [-0.2, 0) is 6.54 Å². The number of carbonyl (C=O) groups excluding carboxylic acids is 1. The number of aromatic nitrogens is 3. The van der Waals surface area contributed by atoms with E-state index in [-0.39, 0.29) is 5.91 Å². The zero-order chi connectivity index (χ0) is 15.7. The van der Waals surface area contributed by atoms with E-state index in [1.165, 1.54) is 11.3 Å². The molecule has 3 rings (SSSR count). The van der Waals surface area contributed by atoms with Crippen LogP contribution in [0.5, 0.6) is 0 Å². The summed E-state index contributed by atoms with van der Waals surface area (Å²) in [5, 5.41) is 7.74. The zero-order valence-corrected chi connectivity index (χ0v) is 14.2. The molecule has 0 spiro atoms. The van der Waals surface area contributed by atoms with Crippen molar-refractivity contribution in [3.05, 3.63) is 35.7 Å². The summed E-state index contributed by atoms with van der Waals surface area (Å²) < 4.78 is 2.87. The average Bonchev–Trinajstić information content (AvgIpc) is 3.09. The molecule has 0 fully saturated rings. The quantitative estimate of drug-likeness (QED) is 0.738. The van der Waals surface area contributed by atoms with Crippen LogP contribution in [0, 0.1) is 6.92 Å². The Morgan fingerprint density at radius 1 is 1.45 bits per heavy atom. The van der Waals surface area contributed by atoms with Crippen LogP contribution in [0.15, 0.2) is 29.2 Å². The maximum absolute atomic E-state index is 12.3. The number of nitrogens with one attached hydrogen (secondary N) is 1. The molecule has 0 saturated heterocycles. The van der Waals surface area contributed by atoms with Crippen LogP contribution in [0.1, 0.15) is 23.1 Å². The van der Waals surface area contributed by atoms with Gasteiger partial charge in [0.1, 0.15) is 0 Å². The summed E-state index contributed by atoms with van der Waals surface area (Å²) in [6, 6.07) is 7.84. The monoisotopic (exact) mass is 332 g/mol. The predicted octanol–water partition coefficient (Wildman–Crippen LogP) is 3.80. The Labute approximate surface area is 136 Å². The SMILES string of the molecule is CCn1nc(C(=O)Nc2nc3c(SC)cccc3s2)cc1C.